The molecule has 0 unspecified atom stereocenters. The van der Waals surface area contributed by atoms with E-state index in [1.807, 2.05) is 0 Å². The van der Waals surface area contributed by atoms with Crippen LogP contribution in [0.15, 0.2) is 12.3 Å². The number of pyridine rings is 1. The summed E-state index contributed by atoms with van der Waals surface area (Å²) in [6.45, 7) is 6.16. The molecule has 1 aromatic rings. The molecule has 1 N–H and O–H groups in total. The molecule has 0 amide bonds. The average molecular weight is 186 g/mol. The topological polar surface area (TPSA) is 33.1 Å². The number of aromatic nitrogens is 1. The van der Waals surface area contributed by atoms with Crippen LogP contribution in [0.3, 0.4) is 0 Å². The van der Waals surface area contributed by atoms with Crippen LogP contribution in [-0.4, -0.2) is 10.1 Å². The zero-order chi connectivity index (χ0) is 9.35. The number of halogens is 1. The summed E-state index contributed by atoms with van der Waals surface area (Å²) in [4.78, 5) is 3.86. The molecule has 1 aromatic heterocycles. The Kier molecular flexibility index (Phi) is 2.29. The maximum absolute atomic E-state index is 9.27. The molecule has 0 radical (unpaired) electrons. The van der Waals surface area contributed by atoms with Crippen LogP contribution in [0.5, 0.6) is 5.75 Å². The highest BCUT2D eigenvalue weighted by Crippen LogP contribution is 2.27. The van der Waals surface area contributed by atoms with Gasteiger partial charge in [0.05, 0.1) is 0 Å². The third-order valence-electron chi connectivity index (χ3n) is 1.69. The Bertz CT molecular complexity index is 291. The molecule has 2 nitrogen and oxygen atoms in total. The molecule has 66 valence electrons. The zero-order valence-electron chi connectivity index (χ0n) is 7.43. The second kappa shape index (κ2) is 2.94. The summed E-state index contributed by atoms with van der Waals surface area (Å²) < 4.78 is 0. The predicted molar refractivity (Wildman–Crippen MR) is 49.6 cm³/mol. The zero-order valence-corrected chi connectivity index (χ0v) is 8.18. The Balaban J connectivity index is 3.14. The van der Waals surface area contributed by atoms with Crippen molar-refractivity contribution in [2.24, 2.45) is 0 Å². The summed E-state index contributed by atoms with van der Waals surface area (Å²) in [6, 6.07) is 1.65. The van der Waals surface area contributed by atoms with Gasteiger partial charge >= 0.3 is 0 Å². The van der Waals surface area contributed by atoms with Crippen molar-refractivity contribution in [1.82, 2.24) is 4.98 Å². The van der Waals surface area contributed by atoms with Crippen molar-refractivity contribution in [2.75, 3.05) is 0 Å². The van der Waals surface area contributed by atoms with E-state index in [0.717, 1.165) is 5.56 Å². The van der Waals surface area contributed by atoms with Gasteiger partial charge in [-0.1, -0.05) is 32.4 Å². The summed E-state index contributed by atoms with van der Waals surface area (Å²) in [5.41, 5.74) is 0.971. The molecule has 0 aromatic carbocycles. The van der Waals surface area contributed by atoms with Crippen molar-refractivity contribution in [1.29, 1.82) is 0 Å². The van der Waals surface area contributed by atoms with Crippen LogP contribution < -0.4 is 0 Å². The Labute approximate surface area is 77.2 Å². The fraction of sp³-hybridized carbons (Fsp3) is 0.444. The minimum atomic E-state index is -0.00489. The van der Waals surface area contributed by atoms with Gasteiger partial charge in [-0.3, -0.25) is 0 Å². The van der Waals surface area contributed by atoms with E-state index in [4.69, 9.17) is 11.6 Å². The van der Waals surface area contributed by atoms with E-state index in [1.165, 1.54) is 0 Å². The number of nitrogens with zero attached hydrogens (tertiary/aromatic N) is 1. The first-order valence-corrected chi connectivity index (χ1v) is 4.14. The standard InChI is InChI=1S/C9H12ClNO/c1-9(2,3)6-4-7(12)8(10)11-5-6/h4-5,12H,1-3H3. The van der Waals surface area contributed by atoms with E-state index >= 15 is 0 Å². The molecule has 0 saturated carbocycles. The monoisotopic (exact) mass is 185 g/mol. The van der Waals surface area contributed by atoms with E-state index in [9.17, 15) is 5.11 Å². The first-order valence-electron chi connectivity index (χ1n) is 3.76. The lowest BCUT2D eigenvalue weighted by Crippen LogP contribution is -2.11. The van der Waals surface area contributed by atoms with Gasteiger partial charge in [0.25, 0.3) is 0 Å². The molecule has 0 bridgehead atoms. The Morgan fingerprint density at radius 1 is 1.42 bits per heavy atom. The van der Waals surface area contributed by atoms with Gasteiger partial charge < -0.3 is 5.11 Å². The smallest absolute Gasteiger partial charge is 0.170 e. The highest BCUT2D eigenvalue weighted by molar-refractivity contribution is 6.30. The average Bonchev–Trinajstić information content (AvgIpc) is 1.92. The summed E-state index contributed by atoms with van der Waals surface area (Å²) in [5.74, 6) is 0.0455. The van der Waals surface area contributed by atoms with Crippen LogP contribution in [0.4, 0.5) is 0 Å². The van der Waals surface area contributed by atoms with Gasteiger partial charge in [-0.15, -0.1) is 0 Å². The van der Waals surface area contributed by atoms with Crippen molar-refractivity contribution in [3.8, 4) is 5.75 Å². The van der Waals surface area contributed by atoms with Crippen LogP contribution in [0, 0.1) is 0 Å². The van der Waals surface area contributed by atoms with E-state index in [1.54, 1.807) is 12.3 Å². The molecule has 0 atom stereocenters. The van der Waals surface area contributed by atoms with Gasteiger partial charge in [0.15, 0.2) is 10.9 Å². The molecule has 0 aliphatic heterocycles. The van der Waals surface area contributed by atoms with Crippen molar-refractivity contribution in [3.05, 3.63) is 23.0 Å². The number of hydrogen-bond acceptors (Lipinski definition) is 2. The molecule has 3 heteroatoms. The maximum atomic E-state index is 9.27. The fourth-order valence-corrected chi connectivity index (χ4v) is 0.950. The van der Waals surface area contributed by atoms with Gasteiger partial charge in [0.1, 0.15) is 0 Å². The predicted octanol–water partition coefficient (Wildman–Crippen LogP) is 2.74. The van der Waals surface area contributed by atoms with Crippen LogP contribution in [-0.2, 0) is 5.41 Å². The lowest BCUT2D eigenvalue weighted by molar-refractivity contribution is 0.468. The van der Waals surface area contributed by atoms with Gasteiger partial charge in [-0.05, 0) is 17.0 Å². The number of hydrogen-bond donors (Lipinski definition) is 1. The van der Waals surface area contributed by atoms with Gasteiger partial charge in [0.2, 0.25) is 0 Å². The van der Waals surface area contributed by atoms with E-state index < -0.39 is 0 Å². The first kappa shape index (κ1) is 9.33. The van der Waals surface area contributed by atoms with Crippen LogP contribution in [0.25, 0.3) is 0 Å². The van der Waals surface area contributed by atoms with Crippen molar-refractivity contribution in [2.45, 2.75) is 26.2 Å². The molecule has 0 fully saturated rings. The lowest BCUT2D eigenvalue weighted by Gasteiger charge is -2.18. The maximum Gasteiger partial charge on any atom is 0.170 e. The minimum absolute atomic E-state index is 0.00489. The summed E-state index contributed by atoms with van der Waals surface area (Å²) in [5, 5.41) is 9.42. The van der Waals surface area contributed by atoms with Crippen molar-refractivity contribution in [3.63, 3.8) is 0 Å². The Morgan fingerprint density at radius 3 is 2.42 bits per heavy atom. The summed E-state index contributed by atoms with van der Waals surface area (Å²) in [7, 11) is 0. The second-order valence-electron chi connectivity index (χ2n) is 3.78. The Morgan fingerprint density at radius 2 is 2.00 bits per heavy atom. The van der Waals surface area contributed by atoms with Crippen LogP contribution in [0.2, 0.25) is 5.15 Å². The normalized spacial score (nSPS) is 11.7. The van der Waals surface area contributed by atoms with Crippen LogP contribution in [0.1, 0.15) is 26.3 Å². The number of aromatic hydroxyl groups is 1. The van der Waals surface area contributed by atoms with Gasteiger partial charge in [-0.25, -0.2) is 4.98 Å². The molecular formula is C9H12ClNO. The highest BCUT2D eigenvalue weighted by Gasteiger charge is 2.15. The molecular weight excluding hydrogens is 174 g/mol. The third-order valence-corrected chi connectivity index (χ3v) is 1.98. The van der Waals surface area contributed by atoms with Crippen molar-refractivity contribution < 1.29 is 5.11 Å². The highest BCUT2D eigenvalue weighted by atomic mass is 35.5. The van der Waals surface area contributed by atoms with Gasteiger partial charge in [-0.2, -0.15) is 0 Å². The van der Waals surface area contributed by atoms with E-state index in [0.29, 0.717) is 0 Å². The van der Waals surface area contributed by atoms with E-state index in [2.05, 4.69) is 25.8 Å². The summed E-state index contributed by atoms with van der Waals surface area (Å²) >= 11 is 5.57. The SMILES string of the molecule is CC(C)(C)c1cnc(Cl)c(O)c1. The quantitative estimate of drug-likeness (QED) is 0.631. The minimum Gasteiger partial charge on any atom is -0.505 e. The number of rotatable bonds is 0. The molecule has 1 rings (SSSR count). The molecule has 12 heavy (non-hydrogen) atoms. The fourth-order valence-electron chi connectivity index (χ4n) is 0.847. The summed E-state index contributed by atoms with van der Waals surface area (Å²) in [6.07, 6.45) is 1.68. The molecule has 0 spiro atoms. The van der Waals surface area contributed by atoms with Gasteiger partial charge in [0, 0.05) is 6.20 Å². The molecule has 0 aliphatic rings. The molecule has 0 aliphatic carbocycles. The Hall–Kier alpha value is -0.760. The van der Waals surface area contributed by atoms with E-state index in [-0.39, 0.29) is 16.3 Å². The van der Waals surface area contributed by atoms with Crippen molar-refractivity contribution >= 4 is 11.6 Å². The first-order chi connectivity index (χ1) is 5.41. The molecule has 0 saturated heterocycles. The second-order valence-corrected chi connectivity index (χ2v) is 4.14. The lowest BCUT2D eigenvalue weighted by atomic mass is 9.88. The molecule has 1 heterocycles. The third kappa shape index (κ3) is 1.89. The largest absolute Gasteiger partial charge is 0.505 e. The van der Waals surface area contributed by atoms with Crippen LogP contribution >= 0.6 is 11.6 Å².